The highest BCUT2D eigenvalue weighted by Crippen LogP contribution is 2.27. The first-order chi connectivity index (χ1) is 15.1. The minimum absolute atomic E-state index is 0.0339. The summed E-state index contributed by atoms with van der Waals surface area (Å²) in [5.41, 5.74) is 2.14. The summed E-state index contributed by atoms with van der Waals surface area (Å²) in [6.45, 7) is 4.80. The molecular formula is C22H23N5O3S. The molecule has 1 fully saturated rings. The number of hydrogen-bond donors (Lipinski definition) is 0. The van der Waals surface area contributed by atoms with E-state index in [4.69, 9.17) is 4.74 Å². The summed E-state index contributed by atoms with van der Waals surface area (Å²) in [4.78, 5) is 31.2. The lowest BCUT2D eigenvalue weighted by molar-refractivity contribution is -0.00202. The first kappa shape index (κ1) is 19.9. The molecule has 0 radical (unpaired) electrons. The fourth-order valence-electron chi connectivity index (χ4n) is 4.01. The summed E-state index contributed by atoms with van der Waals surface area (Å²) < 4.78 is 7.77. The molecule has 2 amide bonds. The van der Waals surface area contributed by atoms with Crippen LogP contribution >= 0.6 is 11.3 Å². The Morgan fingerprint density at radius 2 is 1.71 bits per heavy atom. The number of hydrogen-bond acceptors (Lipinski definition) is 6. The Bertz CT molecular complexity index is 1100. The quantitative estimate of drug-likeness (QED) is 0.629. The van der Waals surface area contributed by atoms with Crippen LogP contribution in [-0.4, -0.2) is 62.8 Å². The average Bonchev–Trinajstić information content (AvgIpc) is 3.44. The first-order valence-corrected chi connectivity index (χ1v) is 11.2. The number of carbonyl (C=O) groups excluding carboxylic acids is 2. The number of piperazine rings is 1. The van der Waals surface area contributed by atoms with Crippen molar-refractivity contribution in [2.24, 2.45) is 0 Å². The molecule has 0 saturated carbocycles. The number of fused-ring (bicyclic) bond motifs is 1. The van der Waals surface area contributed by atoms with Crippen molar-refractivity contribution >= 4 is 23.2 Å². The molecule has 4 heterocycles. The molecule has 0 bridgehead atoms. The van der Waals surface area contributed by atoms with Gasteiger partial charge in [0.25, 0.3) is 11.8 Å². The van der Waals surface area contributed by atoms with Gasteiger partial charge in [0.15, 0.2) is 5.69 Å². The van der Waals surface area contributed by atoms with E-state index in [9.17, 15) is 9.59 Å². The minimum Gasteiger partial charge on any atom is -0.365 e. The Balaban J connectivity index is 1.23. The second-order valence-electron chi connectivity index (χ2n) is 7.77. The minimum atomic E-state index is -0.151. The van der Waals surface area contributed by atoms with Gasteiger partial charge in [-0.05, 0) is 24.6 Å². The zero-order valence-corrected chi connectivity index (χ0v) is 18.0. The van der Waals surface area contributed by atoms with Gasteiger partial charge in [-0.2, -0.15) is 0 Å². The fraction of sp³-hybridized carbons (Fsp3) is 0.364. The number of aromatic nitrogens is 3. The highest BCUT2D eigenvalue weighted by Gasteiger charge is 2.32. The van der Waals surface area contributed by atoms with Crippen LogP contribution in [0.2, 0.25) is 0 Å². The van der Waals surface area contributed by atoms with Crippen LogP contribution in [0.3, 0.4) is 0 Å². The van der Waals surface area contributed by atoms with E-state index < -0.39 is 0 Å². The van der Waals surface area contributed by atoms with Crippen LogP contribution in [0.1, 0.15) is 42.4 Å². The summed E-state index contributed by atoms with van der Waals surface area (Å²) in [6, 6.07) is 13.8. The molecule has 1 aromatic carbocycles. The summed E-state index contributed by atoms with van der Waals surface area (Å²) in [5, 5.41) is 8.38. The number of carbonyl (C=O) groups is 2. The number of nitrogens with zero attached hydrogens (tertiary/aromatic N) is 5. The first-order valence-electron chi connectivity index (χ1n) is 10.3. The molecule has 1 saturated heterocycles. The van der Waals surface area contributed by atoms with Gasteiger partial charge >= 0.3 is 0 Å². The summed E-state index contributed by atoms with van der Waals surface area (Å²) in [5.74, 6) is -0.117. The molecule has 1 unspecified atom stereocenters. The topological polar surface area (TPSA) is 80.6 Å². The third kappa shape index (κ3) is 3.86. The molecule has 2 aromatic heterocycles. The monoisotopic (exact) mass is 437 g/mol. The predicted octanol–water partition coefficient (Wildman–Crippen LogP) is 2.52. The van der Waals surface area contributed by atoms with Crippen LogP contribution in [0.15, 0.2) is 42.5 Å². The van der Waals surface area contributed by atoms with Crippen LogP contribution in [0.5, 0.6) is 0 Å². The molecule has 2 aliphatic heterocycles. The number of benzene rings is 1. The molecule has 0 aliphatic carbocycles. The highest BCUT2D eigenvalue weighted by molar-refractivity contribution is 7.13. The van der Waals surface area contributed by atoms with E-state index in [1.807, 2.05) is 54.3 Å². The maximum atomic E-state index is 13.1. The van der Waals surface area contributed by atoms with Crippen LogP contribution in [-0.2, 0) is 17.9 Å². The lowest BCUT2D eigenvalue weighted by Gasteiger charge is -2.34. The molecule has 5 rings (SSSR count). The van der Waals surface area contributed by atoms with Crippen molar-refractivity contribution in [3.05, 3.63) is 69.2 Å². The Morgan fingerprint density at radius 3 is 2.39 bits per heavy atom. The maximum absolute atomic E-state index is 13.1. The predicted molar refractivity (Wildman–Crippen MR) is 115 cm³/mol. The van der Waals surface area contributed by atoms with Crippen molar-refractivity contribution in [2.45, 2.75) is 26.2 Å². The molecule has 0 spiro atoms. The lowest BCUT2D eigenvalue weighted by Crippen LogP contribution is -2.50. The van der Waals surface area contributed by atoms with Crippen LogP contribution in [0.4, 0.5) is 0 Å². The highest BCUT2D eigenvalue weighted by atomic mass is 32.1. The standard InChI is InChI=1S/C22H23N5O3S/c1-15-7-8-19(31-15)21(28)25-9-11-26(12-10-25)22(29)20-17-14-30-18(13-27(17)24-23-20)16-5-3-2-4-6-16/h2-8,18H,9-14H2,1H3. The van der Waals surface area contributed by atoms with Gasteiger partial charge in [0.1, 0.15) is 6.10 Å². The van der Waals surface area contributed by atoms with E-state index in [-0.39, 0.29) is 17.9 Å². The Hall–Kier alpha value is -3.04. The van der Waals surface area contributed by atoms with Gasteiger partial charge < -0.3 is 14.5 Å². The Morgan fingerprint density at radius 1 is 1.00 bits per heavy atom. The third-order valence-corrected chi connectivity index (χ3v) is 6.77. The molecule has 8 nitrogen and oxygen atoms in total. The number of amides is 2. The number of rotatable bonds is 3. The fourth-order valence-corrected chi connectivity index (χ4v) is 4.85. The average molecular weight is 438 g/mol. The molecular weight excluding hydrogens is 414 g/mol. The van der Waals surface area contributed by atoms with Gasteiger partial charge in [-0.15, -0.1) is 16.4 Å². The van der Waals surface area contributed by atoms with Gasteiger partial charge in [0.2, 0.25) is 0 Å². The smallest absolute Gasteiger partial charge is 0.276 e. The maximum Gasteiger partial charge on any atom is 0.276 e. The number of aryl methyl sites for hydroxylation is 1. The summed E-state index contributed by atoms with van der Waals surface area (Å²) in [6.07, 6.45) is -0.103. The van der Waals surface area contributed by atoms with E-state index in [0.717, 1.165) is 15.3 Å². The summed E-state index contributed by atoms with van der Waals surface area (Å²) >= 11 is 1.50. The normalized spacial score (nSPS) is 18.7. The Labute approximate surface area is 184 Å². The van der Waals surface area contributed by atoms with Crippen molar-refractivity contribution in [2.75, 3.05) is 26.2 Å². The molecule has 3 aromatic rings. The van der Waals surface area contributed by atoms with Crippen molar-refractivity contribution in [1.82, 2.24) is 24.8 Å². The van der Waals surface area contributed by atoms with Gasteiger partial charge in [-0.1, -0.05) is 35.5 Å². The number of thiophene rings is 1. The summed E-state index contributed by atoms with van der Waals surface area (Å²) in [7, 11) is 0. The van der Waals surface area contributed by atoms with E-state index in [1.54, 1.807) is 9.58 Å². The van der Waals surface area contributed by atoms with Crippen molar-refractivity contribution < 1.29 is 14.3 Å². The number of ether oxygens (including phenoxy) is 1. The lowest BCUT2D eigenvalue weighted by atomic mass is 10.1. The second kappa shape index (κ2) is 8.24. The van der Waals surface area contributed by atoms with E-state index in [0.29, 0.717) is 50.7 Å². The van der Waals surface area contributed by atoms with Crippen molar-refractivity contribution in [1.29, 1.82) is 0 Å². The van der Waals surface area contributed by atoms with Gasteiger partial charge in [-0.25, -0.2) is 4.68 Å². The second-order valence-corrected chi connectivity index (χ2v) is 9.06. The molecule has 1 atom stereocenters. The van der Waals surface area contributed by atoms with Crippen LogP contribution < -0.4 is 0 Å². The zero-order valence-electron chi connectivity index (χ0n) is 17.2. The van der Waals surface area contributed by atoms with Gasteiger partial charge in [0.05, 0.1) is 23.7 Å². The van der Waals surface area contributed by atoms with Crippen molar-refractivity contribution in [3.8, 4) is 0 Å². The van der Waals surface area contributed by atoms with E-state index in [1.165, 1.54) is 11.3 Å². The van der Waals surface area contributed by atoms with Crippen LogP contribution in [0, 0.1) is 6.92 Å². The van der Waals surface area contributed by atoms with Gasteiger partial charge in [0, 0.05) is 31.1 Å². The molecule has 2 aliphatic rings. The largest absolute Gasteiger partial charge is 0.365 e. The SMILES string of the molecule is Cc1ccc(C(=O)N2CCN(C(=O)c3nnn4c3COC(c3ccccc3)C4)CC2)s1. The van der Waals surface area contributed by atoms with Crippen LogP contribution in [0.25, 0.3) is 0 Å². The molecule has 31 heavy (non-hydrogen) atoms. The molecule has 160 valence electrons. The molecule has 9 heteroatoms. The zero-order chi connectivity index (χ0) is 21.4. The Kier molecular flexibility index (Phi) is 5.29. The van der Waals surface area contributed by atoms with E-state index >= 15 is 0 Å². The van der Waals surface area contributed by atoms with E-state index in [2.05, 4.69) is 10.3 Å². The van der Waals surface area contributed by atoms with Gasteiger partial charge in [-0.3, -0.25) is 9.59 Å². The van der Waals surface area contributed by atoms with Crippen molar-refractivity contribution in [3.63, 3.8) is 0 Å². The third-order valence-electron chi connectivity index (χ3n) is 5.78. The molecule has 0 N–H and O–H groups in total.